The molecule has 0 saturated carbocycles. The minimum atomic E-state index is -2.78. The highest BCUT2D eigenvalue weighted by Gasteiger charge is 2.50. The molecule has 0 bridgehead atoms. The lowest BCUT2D eigenvalue weighted by Gasteiger charge is -2.43. The van der Waals surface area contributed by atoms with Crippen LogP contribution in [-0.2, 0) is 30.1 Å². The highest BCUT2D eigenvalue weighted by molar-refractivity contribution is 6.99. The van der Waals surface area contributed by atoms with Crippen LogP contribution in [0, 0.1) is 0 Å². The molecule has 0 radical (unpaired) electrons. The Labute approximate surface area is 319 Å². The lowest BCUT2D eigenvalue weighted by Crippen LogP contribution is -2.66. The van der Waals surface area contributed by atoms with Gasteiger partial charge in [-0.3, -0.25) is 9.59 Å². The monoisotopic (exact) mass is 806 g/mol. The quantitative estimate of drug-likeness (QED) is 0.0518. The van der Waals surface area contributed by atoms with Gasteiger partial charge in [-0.1, -0.05) is 194 Å². The molecule has 0 aliphatic carbocycles. The van der Waals surface area contributed by atoms with Crippen LogP contribution >= 0.6 is 69.6 Å². The zero-order valence-corrected chi connectivity index (χ0v) is 32.8. The highest BCUT2D eigenvalue weighted by atomic mass is 35.6. The SMILES string of the molecule is CC(C)(C)[Si](OCC/C=C/[C@@H](NC(=O)C(Cl)(Cl)Cl)[C@H](COCOCc1ccccc1)NC(=O)C(Cl)(Cl)Cl)(c1ccccc1)c1ccccc1. The molecule has 3 aromatic carbocycles. The molecule has 2 atom stereocenters. The minimum absolute atomic E-state index is 0.129. The maximum absolute atomic E-state index is 12.8. The number of hydrogen-bond acceptors (Lipinski definition) is 5. The van der Waals surface area contributed by atoms with Crippen LogP contribution in [0.1, 0.15) is 32.8 Å². The number of alkyl halides is 6. The minimum Gasteiger partial charge on any atom is -0.407 e. The first-order chi connectivity index (χ1) is 23.1. The van der Waals surface area contributed by atoms with Gasteiger partial charge in [-0.25, -0.2) is 0 Å². The second-order valence-corrected chi connectivity index (χ2v) is 21.0. The summed E-state index contributed by atoms with van der Waals surface area (Å²) in [6.45, 7) is 6.94. The van der Waals surface area contributed by atoms with Gasteiger partial charge in [-0.2, -0.15) is 0 Å². The van der Waals surface area contributed by atoms with Gasteiger partial charge in [0.05, 0.1) is 25.3 Å². The fraction of sp³-hybridized carbons (Fsp3) is 0.371. The van der Waals surface area contributed by atoms with E-state index in [0.717, 1.165) is 15.9 Å². The van der Waals surface area contributed by atoms with Crippen molar-refractivity contribution in [2.45, 2.75) is 58.5 Å². The third-order valence-corrected chi connectivity index (χ3v) is 13.6. The van der Waals surface area contributed by atoms with Crippen LogP contribution in [0.4, 0.5) is 0 Å². The van der Waals surface area contributed by atoms with E-state index in [1.807, 2.05) is 72.8 Å². The van der Waals surface area contributed by atoms with Crippen molar-refractivity contribution in [2.24, 2.45) is 0 Å². The lowest BCUT2D eigenvalue weighted by atomic mass is 10.1. The molecule has 3 rings (SSSR count). The van der Waals surface area contributed by atoms with Gasteiger partial charge < -0.3 is 24.5 Å². The van der Waals surface area contributed by atoms with Gasteiger partial charge in [0.15, 0.2) is 0 Å². The van der Waals surface area contributed by atoms with Crippen LogP contribution in [-0.4, -0.2) is 59.8 Å². The van der Waals surface area contributed by atoms with Gasteiger partial charge in [0.2, 0.25) is 0 Å². The Kier molecular flexibility index (Phi) is 16.2. The summed E-state index contributed by atoms with van der Waals surface area (Å²) in [4.78, 5) is 25.6. The average molecular weight is 810 g/mol. The number of halogens is 6. The number of carbonyl (C=O) groups excluding carboxylic acids is 2. The average Bonchev–Trinajstić information content (AvgIpc) is 3.05. The molecule has 14 heteroatoms. The normalized spacial score (nSPS) is 14.0. The van der Waals surface area contributed by atoms with E-state index in [1.54, 1.807) is 6.08 Å². The van der Waals surface area contributed by atoms with Crippen LogP contribution in [0.25, 0.3) is 0 Å². The first-order valence-electron chi connectivity index (χ1n) is 15.4. The molecule has 0 saturated heterocycles. The largest absolute Gasteiger partial charge is 0.407 e. The highest BCUT2D eigenvalue weighted by Crippen LogP contribution is 2.37. The molecule has 2 amide bonds. The number of carbonyl (C=O) groups is 2. The zero-order chi connectivity index (χ0) is 36.1. The maximum atomic E-state index is 12.8. The zero-order valence-electron chi connectivity index (χ0n) is 27.3. The fourth-order valence-electron chi connectivity index (χ4n) is 5.25. The maximum Gasteiger partial charge on any atom is 0.272 e. The molecule has 0 aromatic heterocycles. The molecule has 0 fully saturated rings. The Bertz CT molecular complexity index is 1440. The van der Waals surface area contributed by atoms with Crippen molar-refractivity contribution in [3.05, 3.63) is 109 Å². The Morgan fingerprint density at radius 3 is 1.71 bits per heavy atom. The molecule has 0 heterocycles. The van der Waals surface area contributed by atoms with Crippen LogP contribution < -0.4 is 21.0 Å². The standard InChI is InChI=1S/C35H40Cl6N2O5Si/c1-33(2,3)49(27-17-9-5-10-18-27,28-19-11-6-12-20-28)48-22-14-13-21-29(42-31(44)34(36,37)38)30(43-32(45)35(39,40)41)24-47-25-46-23-26-15-7-4-8-16-26/h4-13,15-21,29-30H,14,22-25H2,1-3H3,(H,42,44)(H,43,45)/b21-13+/t29-,30+/m1/s1. The van der Waals surface area contributed by atoms with Crippen LogP contribution in [0.2, 0.25) is 5.04 Å². The molecule has 3 aromatic rings. The van der Waals surface area contributed by atoms with Gasteiger partial charge >= 0.3 is 0 Å². The molecular formula is C35H40Cl6N2O5Si. The number of nitrogens with one attached hydrogen (secondary N) is 2. The van der Waals surface area contributed by atoms with Crippen molar-refractivity contribution in [3.8, 4) is 0 Å². The molecule has 0 aliphatic heterocycles. The number of benzene rings is 3. The van der Waals surface area contributed by atoms with E-state index in [1.165, 1.54) is 0 Å². The summed E-state index contributed by atoms with van der Waals surface area (Å²) in [6, 6.07) is 28.1. The van der Waals surface area contributed by atoms with Crippen molar-refractivity contribution in [3.63, 3.8) is 0 Å². The summed E-state index contributed by atoms with van der Waals surface area (Å²) in [7, 11) is -2.78. The number of amides is 2. The molecule has 2 N–H and O–H groups in total. The van der Waals surface area contributed by atoms with E-state index in [2.05, 4.69) is 55.7 Å². The molecule has 7 nitrogen and oxygen atoms in total. The van der Waals surface area contributed by atoms with Gasteiger partial charge in [0.1, 0.15) is 6.79 Å². The van der Waals surface area contributed by atoms with Crippen molar-refractivity contribution in [1.29, 1.82) is 0 Å². The molecule has 266 valence electrons. The summed E-state index contributed by atoms with van der Waals surface area (Å²) in [5.41, 5.74) is 0.947. The van der Waals surface area contributed by atoms with Crippen LogP contribution in [0.3, 0.4) is 0 Å². The van der Waals surface area contributed by atoms with E-state index in [4.69, 9.17) is 83.5 Å². The summed E-state index contributed by atoms with van der Waals surface area (Å²) >= 11 is 35.2. The molecular weight excluding hydrogens is 769 g/mol. The van der Waals surface area contributed by atoms with Crippen molar-refractivity contribution in [1.82, 2.24) is 10.6 Å². The summed E-state index contributed by atoms with van der Waals surface area (Å²) < 4.78 is 13.7. The second kappa shape index (κ2) is 19.1. The van der Waals surface area contributed by atoms with Crippen molar-refractivity contribution in [2.75, 3.05) is 20.0 Å². The predicted molar refractivity (Wildman–Crippen MR) is 204 cm³/mol. The molecule has 0 spiro atoms. The first-order valence-corrected chi connectivity index (χ1v) is 19.6. The Hall–Kier alpha value is -1.82. The first kappa shape index (κ1) is 41.6. The number of ether oxygens (including phenoxy) is 2. The van der Waals surface area contributed by atoms with Crippen molar-refractivity contribution >= 4 is 100 Å². The van der Waals surface area contributed by atoms with Gasteiger partial charge in [-0.15, -0.1) is 0 Å². The Morgan fingerprint density at radius 1 is 0.735 bits per heavy atom. The van der Waals surface area contributed by atoms with E-state index in [-0.39, 0.29) is 18.4 Å². The van der Waals surface area contributed by atoms with Crippen molar-refractivity contribution < 1.29 is 23.5 Å². The lowest BCUT2D eigenvalue weighted by molar-refractivity contribution is -0.124. The smallest absolute Gasteiger partial charge is 0.272 e. The van der Waals surface area contributed by atoms with E-state index >= 15 is 0 Å². The summed E-state index contributed by atoms with van der Waals surface area (Å²) in [5.74, 6) is -1.86. The number of hydrogen-bond donors (Lipinski definition) is 2. The third-order valence-electron chi connectivity index (χ3n) is 7.50. The van der Waals surface area contributed by atoms with Gasteiger partial charge in [0.25, 0.3) is 27.7 Å². The third kappa shape index (κ3) is 12.7. The molecule has 0 aliphatic rings. The van der Waals surface area contributed by atoms with E-state index < -0.39 is 39.8 Å². The summed E-state index contributed by atoms with van der Waals surface area (Å²) in [6.07, 6.45) is 3.90. The Morgan fingerprint density at radius 2 is 1.22 bits per heavy atom. The van der Waals surface area contributed by atoms with Crippen LogP contribution in [0.15, 0.2) is 103 Å². The van der Waals surface area contributed by atoms with Gasteiger partial charge in [0, 0.05) is 6.61 Å². The fourth-order valence-corrected chi connectivity index (χ4v) is 10.2. The summed E-state index contributed by atoms with van der Waals surface area (Å²) in [5, 5.41) is 7.34. The predicted octanol–water partition coefficient (Wildman–Crippen LogP) is 7.41. The topological polar surface area (TPSA) is 85.9 Å². The molecule has 49 heavy (non-hydrogen) atoms. The van der Waals surface area contributed by atoms with E-state index in [0.29, 0.717) is 19.6 Å². The van der Waals surface area contributed by atoms with Gasteiger partial charge in [-0.05, 0) is 27.4 Å². The second-order valence-electron chi connectivity index (χ2n) is 12.1. The molecule has 0 unspecified atom stereocenters. The Balaban J connectivity index is 1.83. The van der Waals surface area contributed by atoms with Crippen LogP contribution in [0.5, 0.6) is 0 Å². The number of rotatable bonds is 16. The van der Waals surface area contributed by atoms with E-state index in [9.17, 15) is 9.59 Å².